The lowest BCUT2D eigenvalue weighted by Gasteiger charge is -2.06. The molecule has 0 spiro atoms. The molecule has 0 atom stereocenters. The van der Waals surface area contributed by atoms with Crippen LogP contribution < -0.4 is 0 Å². The summed E-state index contributed by atoms with van der Waals surface area (Å²) in [5, 5.41) is 0. The van der Waals surface area contributed by atoms with Crippen LogP contribution in [-0.2, 0) is 9.84 Å². The summed E-state index contributed by atoms with van der Waals surface area (Å²) >= 11 is 0. The molecular formula is C17H19NO2S. The maximum Gasteiger partial charge on any atom is 0.181 e. The van der Waals surface area contributed by atoms with E-state index in [4.69, 9.17) is 0 Å². The van der Waals surface area contributed by atoms with Crippen molar-refractivity contribution in [3.63, 3.8) is 0 Å². The van der Waals surface area contributed by atoms with E-state index in [0.717, 1.165) is 22.4 Å². The fourth-order valence-corrected chi connectivity index (χ4v) is 3.46. The molecule has 0 saturated carbocycles. The van der Waals surface area contributed by atoms with Crippen LogP contribution in [0.3, 0.4) is 0 Å². The largest absolute Gasteiger partial charge is 0.261 e. The van der Waals surface area contributed by atoms with Gasteiger partial charge in [0.2, 0.25) is 0 Å². The molecule has 110 valence electrons. The average molecular weight is 301 g/mol. The number of pyridine rings is 1. The third-order valence-electron chi connectivity index (χ3n) is 3.39. The van der Waals surface area contributed by atoms with Gasteiger partial charge in [-0.25, -0.2) is 8.42 Å². The van der Waals surface area contributed by atoms with Gasteiger partial charge in [0.15, 0.2) is 9.84 Å². The van der Waals surface area contributed by atoms with Gasteiger partial charge in [-0.3, -0.25) is 4.98 Å². The van der Waals surface area contributed by atoms with Crippen molar-refractivity contribution in [2.24, 2.45) is 0 Å². The molecule has 2 aromatic rings. The molecule has 0 fully saturated rings. The van der Waals surface area contributed by atoms with Gasteiger partial charge in [0.1, 0.15) is 0 Å². The van der Waals surface area contributed by atoms with Crippen molar-refractivity contribution in [3.05, 3.63) is 65.5 Å². The Morgan fingerprint density at radius 2 is 1.95 bits per heavy atom. The first-order valence-electron chi connectivity index (χ1n) is 6.78. The number of benzene rings is 1. The highest BCUT2D eigenvalue weighted by atomic mass is 32.2. The Morgan fingerprint density at radius 3 is 2.62 bits per heavy atom. The number of rotatable bonds is 4. The van der Waals surface area contributed by atoms with Crippen molar-refractivity contribution < 1.29 is 8.42 Å². The molecule has 0 bridgehead atoms. The van der Waals surface area contributed by atoms with Gasteiger partial charge in [0, 0.05) is 11.9 Å². The zero-order valence-electron chi connectivity index (χ0n) is 12.5. The van der Waals surface area contributed by atoms with E-state index < -0.39 is 9.84 Å². The van der Waals surface area contributed by atoms with E-state index in [9.17, 15) is 8.42 Å². The summed E-state index contributed by atoms with van der Waals surface area (Å²) in [6.07, 6.45) is 3.48. The summed E-state index contributed by atoms with van der Waals surface area (Å²) < 4.78 is 24.7. The number of aromatic nitrogens is 1. The molecule has 0 amide bonds. The number of sulfone groups is 1. The van der Waals surface area contributed by atoms with Crippen LogP contribution in [0.15, 0.2) is 53.6 Å². The van der Waals surface area contributed by atoms with Crippen LogP contribution in [0.4, 0.5) is 0 Å². The van der Waals surface area contributed by atoms with Gasteiger partial charge in [-0.2, -0.15) is 0 Å². The van der Waals surface area contributed by atoms with Gasteiger partial charge in [0.05, 0.1) is 10.6 Å². The Kier molecular flexibility index (Phi) is 4.58. The Bertz CT molecular complexity index is 777. The molecule has 0 N–H and O–H groups in total. The van der Waals surface area contributed by atoms with E-state index in [1.54, 1.807) is 30.5 Å². The second kappa shape index (κ2) is 6.22. The average Bonchev–Trinajstić information content (AvgIpc) is 2.45. The third kappa shape index (κ3) is 3.79. The SMILES string of the molecule is C/C(=C/CS(=O)(=O)c1cccc(C)c1)c1cccnc1C. The van der Waals surface area contributed by atoms with E-state index in [-0.39, 0.29) is 5.75 Å². The topological polar surface area (TPSA) is 47.0 Å². The minimum Gasteiger partial charge on any atom is -0.261 e. The predicted molar refractivity (Wildman–Crippen MR) is 85.9 cm³/mol. The molecule has 3 nitrogen and oxygen atoms in total. The number of nitrogens with zero attached hydrogens (tertiary/aromatic N) is 1. The highest BCUT2D eigenvalue weighted by Gasteiger charge is 2.13. The Labute approximate surface area is 126 Å². The maximum absolute atomic E-state index is 12.3. The van der Waals surface area contributed by atoms with Crippen LogP contribution in [0, 0.1) is 13.8 Å². The lowest BCUT2D eigenvalue weighted by Crippen LogP contribution is -2.05. The van der Waals surface area contributed by atoms with Crippen LogP contribution in [-0.4, -0.2) is 19.2 Å². The van der Waals surface area contributed by atoms with Crippen molar-refractivity contribution in [2.75, 3.05) is 5.75 Å². The molecule has 4 heteroatoms. The molecule has 0 saturated heterocycles. The van der Waals surface area contributed by atoms with Crippen molar-refractivity contribution in [3.8, 4) is 0 Å². The first-order valence-corrected chi connectivity index (χ1v) is 8.43. The molecule has 2 rings (SSSR count). The molecule has 0 aliphatic carbocycles. The highest BCUT2D eigenvalue weighted by Crippen LogP contribution is 2.18. The fourth-order valence-electron chi connectivity index (χ4n) is 2.15. The minimum absolute atomic E-state index is 0.00335. The van der Waals surface area contributed by atoms with Gasteiger partial charge >= 0.3 is 0 Å². The first kappa shape index (κ1) is 15.4. The maximum atomic E-state index is 12.3. The monoisotopic (exact) mass is 301 g/mol. The molecule has 1 aromatic heterocycles. The van der Waals surface area contributed by atoms with Gasteiger partial charge in [-0.1, -0.05) is 24.3 Å². The molecule has 0 aliphatic rings. The van der Waals surface area contributed by atoms with E-state index in [1.807, 2.05) is 39.0 Å². The van der Waals surface area contributed by atoms with Crippen LogP contribution in [0.5, 0.6) is 0 Å². The minimum atomic E-state index is -3.30. The number of hydrogen-bond acceptors (Lipinski definition) is 3. The fraction of sp³-hybridized carbons (Fsp3) is 0.235. The molecule has 0 aliphatic heterocycles. The van der Waals surface area contributed by atoms with Crippen LogP contribution in [0.2, 0.25) is 0 Å². The van der Waals surface area contributed by atoms with Crippen LogP contribution >= 0.6 is 0 Å². The summed E-state index contributed by atoms with van der Waals surface area (Å²) in [7, 11) is -3.30. The van der Waals surface area contributed by atoms with Crippen LogP contribution in [0.25, 0.3) is 5.57 Å². The standard InChI is InChI=1S/C17H19NO2S/c1-13-6-4-7-16(12-13)21(19,20)11-9-14(2)17-8-5-10-18-15(17)3/h4-10,12H,11H2,1-3H3/b14-9-. The lowest BCUT2D eigenvalue weighted by molar-refractivity contribution is 0.599. The highest BCUT2D eigenvalue weighted by molar-refractivity contribution is 7.91. The second-order valence-corrected chi connectivity index (χ2v) is 7.16. The van der Waals surface area contributed by atoms with E-state index in [0.29, 0.717) is 4.90 Å². The van der Waals surface area contributed by atoms with E-state index in [2.05, 4.69) is 4.98 Å². The first-order chi connectivity index (χ1) is 9.90. The molecule has 1 heterocycles. The van der Waals surface area contributed by atoms with Crippen molar-refractivity contribution in [2.45, 2.75) is 25.7 Å². The van der Waals surface area contributed by atoms with Crippen molar-refractivity contribution >= 4 is 15.4 Å². The summed E-state index contributed by atoms with van der Waals surface area (Å²) in [6.45, 7) is 5.72. The summed E-state index contributed by atoms with van der Waals surface area (Å²) in [5.74, 6) is -0.00335. The molecule has 1 aromatic carbocycles. The normalized spacial score (nSPS) is 12.4. The Hall–Kier alpha value is -1.94. The molecular weight excluding hydrogens is 282 g/mol. The molecule has 21 heavy (non-hydrogen) atoms. The van der Waals surface area contributed by atoms with Gasteiger partial charge in [-0.15, -0.1) is 0 Å². The van der Waals surface area contributed by atoms with E-state index in [1.165, 1.54) is 0 Å². The summed E-state index contributed by atoms with van der Waals surface area (Å²) in [6, 6.07) is 10.8. The Morgan fingerprint density at radius 1 is 1.19 bits per heavy atom. The van der Waals surface area contributed by atoms with Gasteiger partial charge < -0.3 is 0 Å². The Balaban J connectivity index is 2.26. The quantitative estimate of drug-likeness (QED) is 0.867. The summed E-state index contributed by atoms with van der Waals surface area (Å²) in [4.78, 5) is 4.59. The third-order valence-corrected chi connectivity index (χ3v) is 4.97. The zero-order chi connectivity index (χ0) is 15.5. The van der Waals surface area contributed by atoms with Crippen LogP contribution in [0.1, 0.15) is 23.7 Å². The molecule has 0 radical (unpaired) electrons. The zero-order valence-corrected chi connectivity index (χ0v) is 13.3. The second-order valence-electron chi connectivity index (χ2n) is 5.12. The summed E-state index contributed by atoms with van der Waals surface area (Å²) in [5.41, 5.74) is 3.76. The van der Waals surface area contributed by atoms with Crippen molar-refractivity contribution in [1.29, 1.82) is 0 Å². The predicted octanol–water partition coefficient (Wildman–Crippen LogP) is 3.58. The molecule has 0 unspecified atom stereocenters. The lowest BCUT2D eigenvalue weighted by atomic mass is 10.1. The smallest absolute Gasteiger partial charge is 0.181 e. The number of aryl methyl sites for hydroxylation is 2. The number of hydrogen-bond donors (Lipinski definition) is 0. The van der Waals surface area contributed by atoms with Crippen molar-refractivity contribution in [1.82, 2.24) is 4.98 Å². The van der Waals surface area contributed by atoms with Gasteiger partial charge in [-0.05, 0) is 55.7 Å². The van der Waals surface area contributed by atoms with Gasteiger partial charge in [0.25, 0.3) is 0 Å². The van der Waals surface area contributed by atoms with E-state index >= 15 is 0 Å². The number of allylic oxidation sites excluding steroid dienone is 1.